The zero-order valence-electron chi connectivity index (χ0n) is 20.0. The van der Waals surface area contributed by atoms with Gasteiger partial charge in [-0.25, -0.2) is 0 Å². The Morgan fingerprint density at radius 2 is 1.42 bits per heavy atom. The van der Waals surface area contributed by atoms with Crippen LogP contribution in [-0.4, -0.2) is 38.0 Å². The zero-order valence-corrected chi connectivity index (χ0v) is 20.8. The first-order chi connectivity index (χ1) is 17.4. The first-order valence-corrected chi connectivity index (χ1v) is 11.5. The van der Waals surface area contributed by atoms with E-state index in [1.54, 1.807) is 48.5 Å². The van der Waals surface area contributed by atoms with Gasteiger partial charge in [0.2, 0.25) is 0 Å². The minimum absolute atomic E-state index is 0.160. The lowest BCUT2D eigenvalue weighted by Crippen LogP contribution is -2.41. The maximum atomic E-state index is 12.8. The van der Waals surface area contributed by atoms with Crippen LogP contribution in [0.5, 0.6) is 17.2 Å². The van der Waals surface area contributed by atoms with Crippen molar-refractivity contribution in [3.63, 3.8) is 0 Å². The van der Waals surface area contributed by atoms with Crippen LogP contribution in [0, 0.1) is 0 Å². The molecule has 0 aromatic heterocycles. The Bertz CT molecular complexity index is 1260. The summed E-state index contributed by atoms with van der Waals surface area (Å²) in [4.78, 5) is 37.9. The van der Waals surface area contributed by atoms with E-state index in [0.717, 1.165) is 0 Å². The largest absolute Gasteiger partial charge is 0.496 e. The van der Waals surface area contributed by atoms with Crippen LogP contribution >= 0.6 is 11.6 Å². The van der Waals surface area contributed by atoms with E-state index >= 15 is 0 Å². The number of halogens is 1. The molecule has 0 aliphatic carbocycles. The monoisotopic (exact) mass is 511 g/mol. The molecule has 0 radical (unpaired) electrons. The first kappa shape index (κ1) is 26.4. The van der Waals surface area contributed by atoms with Crippen molar-refractivity contribution in [2.75, 3.05) is 25.6 Å². The van der Waals surface area contributed by atoms with Gasteiger partial charge < -0.3 is 19.5 Å². The van der Waals surface area contributed by atoms with Crippen molar-refractivity contribution in [1.29, 1.82) is 0 Å². The van der Waals surface area contributed by atoms with Crippen LogP contribution in [-0.2, 0) is 0 Å². The van der Waals surface area contributed by atoms with Crippen molar-refractivity contribution in [3.05, 3.63) is 82.4 Å². The van der Waals surface area contributed by atoms with Crippen molar-refractivity contribution >= 4 is 35.0 Å². The van der Waals surface area contributed by atoms with Gasteiger partial charge in [0.1, 0.15) is 5.75 Å². The number of carbonyl (C=O) groups excluding carboxylic acids is 3. The summed E-state index contributed by atoms with van der Waals surface area (Å²) in [5, 5.41) is 3.10. The quantitative estimate of drug-likeness (QED) is 0.365. The fraction of sp³-hybridized carbons (Fsp3) is 0.192. The second-order valence-electron chi connectivity index (χ2n) is 7.32. The van der Waals surface area contributed by atoms with Gasteiger partial charge >= 0.3 is 0 Å². The van der Waals surface area contributed by atoms with E-state index in [9.17, 15) is 14.4 Å². The summed E-state index contributed by atoms with van der Waals surface area (Å²) >= 11 is 5.96. The van der Waals surface area contributed by atoms with Crippen LogP contribution < -0.4 is 30.4 Å². The number of rotatable bonds is 9. The van der Waals surface area contributed by atoms with Crippen molar-refractivity contribution in [2.24, 2.45) is 0 Å². The predicted octanol–water partition coefficient (Wildman–Crippen LogP) is 4.47. The van der Waals surface area contributed by atoms with E-state index in [1.807, 2.05) is 13.8 Å². The van der Waals surface area contributed by atoms with Crippen molar-refractivity contribution in [2.45, 2.75) is 13.8 Å². The summed E-state index contributed by atoms with van der Waals surface area (Å²) in [7, 11) is 1.42. The van der Waals surface area contributed by atoms with E-state index in [0.29, 0.717) is 46.7 Å². The highest BCUT2D eigenvalue weighted by atomic mass is 35.5. The lowest BCUT2D eigenvalue weighted by molar-refractivity contribution is 0.0845. The minimum Gasteiger partial charge on any atom is -0.496 e. The van der Waals surface area contributed by atoms with Gasteiger partial charge in [-0.2, -0.15) is 0 Å². The molecule has 0 bridgehead atoms. The SMILES string of the molecule is CCOc1ccc(C(=O)Nc2cccc(C(=O)NNC(=O)c3cc(Cl)ccc3OC)c2)cc1OCC. The topological polar surface area (TPSA) is 115 Å². The maximum absolute atomic E-state index is 12.8. The molecule has 3 N–H and O–H groups in total. The van der Waals surface area contributed by atoms with Gasteiger partial charge in [0.25, 0.3) is 17.7 Å². The van der Waals surface area contributed by atoms with Gasteiger partial charge in [-0.05, 0) is 68.4 Å². The molecule has 0 fully saturated rings. The Kier molecular flexibility index (Phi) is 9.13. The summed E-state index contributed by atoms with van der Waals surface area (Å²) in [5.74, 6) is -0.261. The minimum atomic E-state index is -0.604. The first-order valence-electron chi connectivity index (χ1n) is 11.1. The molecule has 3 amide bonds. The number of ether oxygens (including phenoxy) is 3. The van der Waals surface area contributed by atoms with Crippen LogP contribution in [0.25, 0.3) is 0 Å². The molecule has 0 heterocycles. The zero-order chi connectivity index (χ0) is 26.1. The normalized spacial score (nSPS) is 10.2. The fourth-order valence-corrected chi connectivity index (χ4v) is 3.42. The lowest BCUT2D eigenvalue weighted by atomic mass is 10.1. The van der Waals surface area contributed by atoms with E-state index in [4.69, 9.17) is 25.8 Å². The molecule has 9 nitrogen and oxygen atoms in total. The number of methoxy groups -OCH3 is 1. The van der Waals surface area contributed by atoms with E-state index in [-0.39, 0.29) is 11.1 Å². The number of nitrogens with one attached hydrogen (secondary N) is 3. The third kappa shape index (κ3) is 6.67. The molecule has 0 spiro atoms. The molecule has 0 saturated carbocycles. The number of amides is 3. The Morgan fingerprint density at radius 3 is 2.14 bits per heavy atom. The average molecular weight is 512 g/mol. The maximum Gasteiger partial charge on any atom is 0.273 e. The van der Waals surface area contributed by atoms with Crippen molar-refractivity contribution in [1.82, 2.24) is 10.9 Å². The van der Waals surface area contributed by atoms with Crippen LogP contribution in [0.15, 0.2) is 60.7 Å². The molecule has 10 heteroatoms. The van der Waals surface area contributed by atoms with E-state index in [1.165, 1.54) is 19.2 Å². The van der Waals surface area contributed by atoms with Crippen LogP contribution in [0.1, 0.15) is 44.9 Å². The number of hydrogen-bond donors (Lipinski definition) is 3. The molecular formula is C26H26ClN3O6. The lowest BCUT2D eigenvalue weighted by Gasteiger charge is -2.13. The van der Waals surface area contributed by atoms with Gasteiger partial charge in [-0.15, -0.1) is 0 Å². The number of benzene rings is 3. The fourth-order valence-electron chi connectivity index (χ4n) is 3.24. The molecule has 3 aromatic rings. The van der Waals surface area contributed by atoms with Crippen molar-refractivity contribution in [3.8, 4) is 17.2 Å². The standard InChI is InChI=1S/C26H26ClN3O6/c1-4-35-22-11-9-17(14-23(22)36-5-2)24(31)28-19-8-6-7-16(13-19)25(32)29-30-26(33)20-15-18(27)10-12-21(20)34-3/h6-15H,4-5H2,1-3H3,(H,28,31)(H,29,32)(H,30,33). The highest BCUT2D eigenvalue weighted by Crippen LogP contribution is 2.29. The molecule has 188 valence electrons. The van der Waals surface area contributed by atoms with E-state index in [2.05, 4.69) is 16.2 Å². The van der Waals surface area contributed by atoms with Crippen LogP contribution in [0.4, 0.5) is 5.69 Å². The second-order valence-corrected chi connectivity index (χ2v) is 7.75. The second kappa shape index (κ2) is 12.5. The summed E-state index contributed by atoms with van der Waals surface area (Å²) in [6, 6.07) is 15.7. The highest BCUT2D eigenvalue weighted by molar-refractivity contribution is 6.31. The molecule has 0 atom stereocenters. The molecule has 36 heavy (non-hydrogen) atoms. The molecule has 0 aliphatic rings. The highest BCUT2D eigenvalue weighted by Gasteiger charge is 2.16. The van der Waals surface area contributed by atoms with Gasteiger partial charge in [-0.3, -0.25) is 25.2 Å². The molecule has 3 aromatic carbocycles. The smallest absolute Gasteiger partial charge is 0.273 e. The molecule has 3 rings (SSSR count). The van der Waals surface area contributed by atoms with Gasteiger partial charge in [0.05, 0.1) is 25.9 Å². The summed E-state index contributed by atoms with van der Waals surface area (Å²) in [6.45, 7) is 4.59. The Morgan fingerprint density at radius 1 is 0.750 bits per heavy atom. The summed E-state index contributed by atoms with van der Waals surface area (Å²) in [5.41, 5.74) is 5.80. The molecular weight excluding hydrogens is 486 g/mol. The number of hydrazine groups is 1. The Labute approximate surface area is 213 Å². The number of carbonyl (C=O) groups is 3. The third-order valence-electron chi connectivity index (χ3n) is 4.88. The number of hydrogen-bond acceptors (Lipinski definition) is 6. The van der Waals surface area contributed by atoms with Gasteiger partial charge in [0.15, 0.2) is 11.5 Å². The Hall–Kier alpha value is -4.24. The Balaban J connectivity index is 1.67. The number of anilines is 1. The molecule has 0 unspecified atom stereocenters. The molecule has 0 saturated heterocycles. The summed E-state index contributed by atoms with van der Waals surface area (Å²) < 4.78 is 16.3. The third-order valence-corrected chi connectivity index (χ3v) is 5.12. The van der Waals surface area contributed by atoms with Crippen molar-refractivity contribution < 1.29 is 28.6 Å². The van der Waals surface area contributed by atoms with Crippen LogP contribution in [0.2, 0.25) is 5.02 Å². The predicted molar refractivity (Wildman–Crippen MR) is 136 cm³/mol. The molecule has 0 aliphatic heterocycles. The summed E-state index contributed by atoms with van der Waals surface area (Å²) in [6.07, 6.45) is 0. The van der Waals surface area contributed by atoms with E-state index < -0.39 is 17.7 Å². The van der Waals surface area contributed by atoms with Crippen LogP contribution in [0.3, 0.4) is 0 Å². The van der Waals surface area contributed by atoms with Gasteiger partial charge in [-0.1, -0.05) is 17.7 Å². The average Bonchev–Trinajstić information content (AvgIpc) is 2.88. The van der Waals surface area contributed by atoms with Gasteiger partial charge in [0, 0.05) is 21.8 Å².